The summed E-state index contributed by atoms with van der Waals surface area (Å²) in [5.74, 6) is 0.757. The smallest absolute Gasteiger partial charge is 0.0589 e. The summed E-state index contributed by atoms with van der Waals surface area (Å²) in [5.41, 5.74) is 1.74. The minimum Gasteiger partial charge on any atom is -0.379 e. The van der Waals surface area contributed by atoms with E-state index in [2.05, 4.69) is 22.6 Å². The van der Waals surface area contributed by atoms with Gasteiger partial charge >= 0.3 is 0 Å². The molecule has 1 unspecified atom stereocenters. The zero-order valence-corrected chi connectivity index (χ0v) is 8.25. The van der Waals surface area contributed by atoms with Crippen LogP contribution in [0, 0.1) is 5.92 Å². The zero-order valence-electron chi connectivity index (χ0n) is 8.25. The number of hydrogen-bond donors (Lipinski definition) is 2. The Kier molecular flexibility index (Phi) is 1.89. The van der Waals surface area contributed by atoms with Crippen LogP contribution in [0.3, 0.4) is 0 Å². The average molecular weight is 192 g/mol. The Labute approximate surface area is 83.8 Å². The lowest BCUT2D eigenvalue weighted by Gasteiger charge is -2.45. The van der Waals surface area contributed by atoms with Crippen LogP contribution >= 0.6 is 0 Å². The zero-order chi connectivity index (χ0) is 9.43. The summed E-state index contributed by atoms with van der Waals surface area (Å²) in [6, 6.07) is 2.20. The van der Waals surface area contributed by atoms with Crippen molar-refractivity contribution in [2.45, 2.75) is 11.8 Å². The molecular formula is C11H16N2O. The first-order chi connectivity index (χ1) is 6.92. The molecule has 2 saturated heterocycles. The first-order valence-electron chi connectivity index (χ1n) is 5.33. The molecule has 0 saturated carbocycles. The highest BCUT2D eigenvalue weighted by Gasteiger charge is 2.47. The first-order valence-corrected chi connectivity index (χ1v) is 5.33. The van der Waals surface area contributed by atoms with Crippen LogP contribution in [0.1, 0.15) is 12.0 Å². The molecule has 3 nitrogen and oxygen atoms in total. The maximum atomic E-state index is 5.43. The molecule has 0 spiro atoms. The van der Waals surface area contributed by atoms with Crippen molar-refractivity contribution in [3.63, 3.8) is 0 Å². The first kappa shape index (κ1) is 8.50. The van der Waals surface area contributed by atoms with Crippen LogP contribution in [0.5, 0.6) is 0 Å². The van der Waals surface area contributed by atoms with Crippen molar-refractivity contribution in [1.82, 2.24) is 10.3 Å². The number of rotatable bonds is 2. The summed E-state index contributed by atoms with van der Waals surface area (Å²) in [4.78, 5) is 3.15. The minimum atomic E-state index is 0.309. The molecule has 3 rings (SSSR count). The van der Waals surface area contributed by atoms with Gasteiger partial charge in [-0.2, -0.15) is 0 Å². The van der Waals surface area contributed by atoms with Crippen LogP contribution in [0.4, 0.5) is 0 Å². The van der Waals surface area contributed by atoms with Gasteiger partial charge in [-0.25, -0.2) is 0 Å². The highest BCUT2D eigenvalue weighted by atomic mass is 16.5. The van der Waals surface area contributed by atoms with Crippen molar-refractivity contribution < 1.29 is 4.74 Å². The van der Waals surface area contributed by atoms with Gasteiger partial charge < -0.3 is 15.0 Å². The number of aromatic amines is 1. The summed E-state index contributed by atoms with van der Waals surface area (Å²) in [6.07, 6.45) is 5.42. The molecular weight excluding hydrogens is 176 g/mol. The second-order valence-electron chi connectivity index (χ2n) is 4.44. The van der Waals surface area contributed by atoms with Crippen LogP contribution in [-0.2, 0) is 10.2 Å². The third-order valence-corrected chi connectivity index (χ3v) is 3.73. The van der Waals surface area contributed by atoms with Crippen molar-refractivity contribution >= 4 is 0 Å². The van der Waals surface area contributed by atoms with E-state index in [0.717, 1.165) is 32.2 Å². The molecule has 3 heterocycles. The quantitative estimate of drug-likeness (QED) is 0.730. The lowest BCUT2D eigenvalue weighted by molar-refractivity contribution is -0.0868. The Bertz CT molecular complexity index is 297. The Balaban J connectivity index is 1.90. The van der Waals surface area contributed by atoms with E-state index in [1.54, 1.807) is 0 Å². The average Bonchev–Trinajstić information content (AvgIpc) is 2.71. The molecule has 76 valence electrons. The predicted octanol–water partition coefficient (Wildman–Crippen LogP) is 0.892. The number of hydrogen-bond acceptors (Lipinski definition) is 2. The van der Waals surface area contributed by atoms with Gasteiger partial charge in [0.1, 0.15) is 0 Å². The minimum absolute atomic E-state index is 0.309. The Morgan fingerprint density at radius 3 is 2.86 bits per heavy atom. The Hall–Kier alpha value is -0.800. The fraction of sp³-hybridized carbons (Fsp3) is 0.636. The van der Waals surface area contributed by atoms with Gasteiger partial charge in [0.05, 0.1) is 13.2 Å². The highest BCUT2D eigenvalue weighted by Crippen LogP contribution is 2.41. The van der Waals surface area contributed by atoms with Gasteiger partial charge in [-0.3, -0.25) is 0 Å². The molecule has 1 atom stereocenters. The third-order valence-electron chi connectivity index (χ3n) is 3.73. The predicted molar refractivity (Wildman–Crippen MR) is 54.3 cm³/mol. The monoisotopic (exact) mass is 192 g/mol. The van der Waals surface area contributed by atoms with E-state index in [-0.39, 0.29) is 0 Å². The van der Waals surface area contributed by atoms with Crippen LogP contribution in [0.25, 0.3) is 0 Å². The van der Waals surface area contributed by atoms with Crippen molar-refractivity contribution in [2.75, 3.05) is 26.3 Å². The molecule has 2 fully saturated rings. The molecule has 0 aliphatic carbocycles. The lowest BCUT2D eigenvalue weighted by Crippen LogP contribution is -2.52. The second-order valence-corrected chi connectivity index (χ2v) is 4.44. The van der Waals surface area contributed by atoms with E-state index >= 15 is 0 Å². The molecule has 0 bridgehead atoms. The largest absolute Gasteiger partial charge is 0.379 e. The SMILES string of the molecule is c1cc(C2(C3CCNC3)COC2)c[nH]1. The standard InChI is InChI=1S/C11H16N2O/c1-3-12-5-9(1)11(7-14-8-11)10-2-4-13-6-10/h1,3,5,10,12-13H,2,4,6-8H2. The topological polar surface area (TPSA) is 37.0 Å². The summed E-state index contributed by atoms with van der Waals surface area (Å²) < 4.78 is 5.43. The number of ether oxygens (including phenoxy) is 1. The fourth-order valence-corrected chi connectivity index (χ4v) is 2.72. The lowest BCUT2D eigenvalue weighted by atomic mass is 9.69. The van der Waals surface area contributed by atoms with E-state index in [9.17, 15) is 0 Å². The molecule has 3 heteroatoms. The highest BCUT2D eigenvalue weighted by molar-refractivity contribution is 5.27. The summed E-state index contributed by atoms with van der Waals surface area (Å²) in [7, 11) is 0. The van der Waals surface area contributed by atoms with Crippen LogP contribution in [-0.4, -0.2) is 31.3 Å². The summed E-state index contributed by atoms with van der Waals surface area (Å²) in [5, 5.41) is 3.44. The summed E-state index contributed by atoms with van der Waals surface area (Å²) in [6.45, 7) is 4.11. The maximum absolute atomic E-state index is 5.43. The maximum Gasteiger partial charge on any atom is 0.0589 e. The molecule has 1 aromatic heterocycles. The van der Waals surface area contributed by atoms with Gasteiger partial charge in [0.15, 0.2) is 0 Å². The van der Waals surface area contributed by atoms with E-state index in [0.29, 0.717) is 5.41 Å². The van der Waals surface area contributed by atoms with Crippen molar-refractivity contribution in [3.8, 4) is 0 Å². The second kappa shape index (κ2) is 3.11. The number of nitrogens with one attached hydrogen (secondary N) is 2. The van der Waals surface area contributed by atoms with Gasteiger partial charge in [-0.1, -0.05) is 0 Å². The molecule has 2 aliphatic rings. The van der Waals surface area contributed by atoms with Crippen LogP contribution in [0.15, 0.2) is 18.5 Å². The van der Waals surface area contributed by atoms with Crippen molar-refractivity contribution in [3.05, 3.63) is 24.0 Å². The van der Waals surface area contributed by atoms with Crippen molar-refractivity contribution in [1.29, 1.82) is 0 Å². The van der Waals surface area contributed by atoms with Crippen molar-refractivity contribution in [2.24, 2.45) is 5.92 Å². The van der Waals surface area contributed by atoms with E-state index in [1.165, 1.54) is 12.0 Å². The Morgan fingerprint density at radius 2 is 2.36 bits per heavy atom. The molecule has 1 aromatic rings. The van der Waals surface area contributed by atoms with Gasteiger partial charge in [0, 0.05) is 17.8 Å². The normalized spacial score (nSPS) is 30.1. The third kappa shape index (κ3) is 1.06. The van der Waals surface area contributed by atoms with Gasteiger partial charge in [-0.15, -0.1) is 0 Å². The van der Waals surface area contributed by atoms with E-state index in [1.807, 2.05) is 6.20 Å². The molecule has 0 aromatic carbocycles. The molecule has 0 amide bonds. The fourth-order valence-electron chi connectivity index (χ4n) is 2.72. The van der Waals surface area contributed by atoms with E-state index < -0.39 is 0 Å². The summed E-state index contributed by atoms with van der Waals surface area (Å²) >= 11 is 0. The van der Waals surface area contributed by atoms with Crippen LogP contribution < -0.4 is 5.32 Å². The number of H-pyrrole nitrogens is 1. The number of aromatic nitrogens is 1. The van der Waals surface area contributed by atoms with Gasteiger partial charge in [-0.05, 0) is 37.1 Å². The van der Waals surface area contributed by atoms with Gasteiger partial charge in [0.2, 0.25) is 0 Å². The van der Waals surface area contributed by atoms with E-state index in [4.69, 9.17) is 4.74 Å². The Morgan fingerprint density at radius 1 is 1.43 bits per heavy atom. The molecule has 2 aliphatic heterocycles. The molecule has 14 heavy (non-hydrogen) atoms. The van der Waals surface area contributed by atoms with Gasteiger partial charge in [0.25, 0.3) is 0 Å². The van der Waals surface area contributed by atoms with Crippen LogP contribution in [0.2, 0.25) is 0 Å². The molecule has 2 N–H and O–H groups in total. The molecule has 0 radical (unpaired) electrons.